The fraction of sp³-hybridized carbons (Fsp3) is 0.795. The van der Waals surface area contributed by atoms with Crippen LogP contribution in [-0.2, 0) is 35.1 Å². The standard InChI is InChI=1S/C39H69N5O7S/c1-14-25(4)33(43(11)38(49)35(39(6,7)8)41-37(48)32(24(2)3)42(9)10)30(50-12)22-31(46)44-19-15-18-29(44)34(51-13)26(5)36(47)40-27(23-45)21-28-17-16-20-52-28/h16-17,20,24-27,29-30,32-35,45H,14-15,18-19,21-23H2,1-13H3,(H,40,47)(H,41,48)/t25-,26+,27-,29-,30+,32-,33-,34+,35+/m0/s1. The van der Waals surface area contributed by atoms with E-state index >= 15 is 0 Å². The number of carbonyl (C=O) groups excluding carboxylic acids is 4. The molecule has 0 aromatic carbocycles. The molecule has 0 radical (unpaired) electrons. The molecule has 1 fully saturated rings. The van der Waals surface area contributed by atoms with Crippen molar-refractivity contribution in [1.29, 1.82) is 0 Å². The number of nitrogens with zero attached hydrogens (tertiary/aromatic N) is 3. The van der Waals surface area contributed by atoms with Crippen molar-refractivity contribution >= 4 is 35.0 Å². The Morgan fingerprint density at radius 1 is 1.04 bits per heavy atom. The van der Waals surface area contributed by atoms with E-state index in [1.54, 1.807) is 49.3 Å². The fourth-order valence-electron chi connectivity index (χ4n) is 7.69. The minimum absolute atomic E-state index is 0.0216. The second kappa shape index (κ2) is 20.8. The van der Waals surface area contributed by atoms with Gasteiger partial charge in [0, 0.05) is 39.1 Å². The summed E-state index contributed by atoms with van der Waals surface area (Å²) in [5.41, 5.74) is -0.588. The molecule has 52 heavy (non-hydrogen) atoms. The van der Waals surface area contributed by atoms with Gasteiger partial charge >= 0.3 is 0 Å². The second-order valence-electron chi connectivity index (χ2n) is 16.2. The van der Waals surface area contributed by atoms with Crippen LogP contribution in [0, 0.1) is 23.2 Å². The number of hydrogen-bond acceptors (Lipinski definition) is 9. The van der Waals surface area contributed by atoms with E-state index in [1.165, 1.54) is 0 Å². The van der Waals surface area contributed by atoms with Crippen LogP contribution in [0.2, 0.25) is 0 Å². The van der Waals surface area contributed by atoms with Crippen molar-refractivity contribution in [3.05, 3.63) is 22.4 Å². The number of ether oxygens (including phenoxy) is 2. The van der Waals surface area contributed by atoms with Crippen molar-refractivity contribution in [2.24, 2.45) is 23.2 Å². The number of methoxy groups -OCH3 is 2. The highest BCUT2D eigenvalue weighted by Crippen LogP contribution is 2.31. The predicted molar refractivity (Wildman–Crippen MR) is 207 cm³/mol. The highest BCUT2D eigenvalue weighted by Gasteiger charge is 2.44. The van der Waals surface area contributed by atoms with E-state index in [1.807, 2.05) is 78.1 Å². The van der Waals surface area contributed by atoms with Crippen LogP contribution in [0.15, 0.2) is 17.5 Å². The Hall–Kier alpha value is -2.58. The Bertz CT molecular complexity index is 1260. The molecule has 1 aliphatic heterocycles. The molecule has 3 N–H and O–H groups in total. The molecular formula is C39H69N5O7S. The zero-order chi connectivity index (χ0) is 39.5. The summed E-state index contributed by atoms with van der Waals surface area (Å²) in [4.78, 5) is 62.0. The average molecular weight is 752 g/mol. The van der Waals surface area contributed by atoms with Gasteiger partial charge in [0.15, 0.2) is 0 Å². The van der Waals surface area contributed by atoms with Gasteiger partial charge in [0.25, 0.3) is 0 Å². The van der Waals surface area contributed by atoms with E-state index in [-0.39, 0.29) is 54.5 Å². The van der Waals surface area contributed by atoms with Gasteiger partial charge < -0.3 is 35.0 Å². The summed E-state index contributed by atoms with van der Waals surface area (Å²) >= 11 is 1.58. The predicted octanol–water partition coefficient (Wildman–Crippen LogP) is 3.81. The summed E-state index contributed by atoms with van der Waals surface area (Å²) in [5.74, 6) is -1.37. The van der Waals surface area contributed by atoms with Gasteiger partial charge in [-0.05, 0) is 55.6 Å². The maximum atomic E-state index is 14.4. The lowest BCUT2D eigenvalue weighted by Gasteiger charge is -2.42. The lowest BCUT2D eigenvalue weighted by atomic mass is 9.83. The first kappa shape index (κ1) is 45.6. The molecule has 0 unspecified atom stereocenters. The van der Waals surface area contributed by atoms with Gasteiger partial charge in [0.05, 0.1) is 55.3 Å². The van der Waals surface area contributed by atoms with Crippen molar-refractivity contribution in [3.63, 3.8) is 0 Å². The number of hydrogen-bond donors (Lipinski definition) is 3. The molecule has 0 aliphatic carbocycles. The maximum absolute atomic E-state index is 14.4. The van der Waals surface area contributed by atoms with E-state index in [4.69, 9.17) is 9.47 Å². The molecule has 298 valence electrons. The number of likely N-dealkylation sites (tertiary alicyclic amines) is 1. The SMILES string of the molecule is CC[C@H](C)[C@@H]([C@@H](CC(=O)N1CCC[C@H]1[C@H](OC)[C@@H](C)C(=O)N[C@H](CO)Cc1cccs1)OC)N(C)C(=O)[C@@H](NC(=O)[C@H](C(C)C)N(C)C)C(C)(C)C. The van der Waals surface area contributed by atoms with Crippen molar-refractivity contribution in [2.75, 3.05) is 48.5 Å². The highest BCUT2D eigenvalue weighted by atomic mass is 32.1. The summed E-state index contributed by atoms with van der Waals surface area (Å²) in [6.45, 7) is 16.0. The molecule has 13 heteroatoms. The second-order valence-corrected chi connectivity index (χ2v) is 17.3. The maximum Gasteiger partial charge on any atom is 0.245 e. The number of aliphatic hydroxyl groups excluding tert-OH is 1. The van der Waals surface area contributed by atoms with Crippen molar-refractivity contribution in [3.8, 4) is 0 Å². The Morgan fingerprint density at radius 3 is 2.17 bits per heavy atom. The van der Waals surface area contributed by atoms with E-state index in [9.17, 15) is 24.3 Å². The van der Waals surface area contributed by atoms with Gasteiger partial charge in [-0.15, -0.1) is 11.3 Å². The van der Waals surface area contributed by atoms with Gasteiger partial charge in [-0.3, -0.25) is 24.1 Å². The zero-order valence-electron chi connectivity index (χ0n) is 34.1. The van der Waals surface area contributed by atoms with Crippen LogP contribution >= 0.6 is 11.3 Å². The lowest BCUT2D eigenvalue weighted by molar-refractivity contribution is -0.149. The van der Waals surface area contributed by atoms with E-state index in [0.717, 1.165) is 17.7 Å². The summed E-state index contributed by atoms with van der Waals surface area (Å²) in [6, 6.07) is 1.50. The molecule has 1 aliphatic rings. The topological polar surface area (TPSA) is 141 Å². The summed E-state index contributed by atoms with van der Waals surface area (Å²) in [6.07, 6.45) is 1.58. The average Bonchev–Trinajstić information content (AvgIpc) is 3.78. The first-order valence-electron chi connectivity index (χ1n) is 18.9. The lowest BCUT2D eigenvalue weighted by Crippen LogP contribution is -2.61. The normalized spacial score (nSPS) is 19.8. The van der Waals surface area contributed by atoms with Crippen molar-refractivity contribution in [1.82, 2.24) is 25.3 Å². The number of nitrogens with one attached hydrogen (secondary N) is 2. The zero-order valence-corrected chi connectivity index (χ0v) is 34.9. The molecule has 12 nitrogen and oxygen atoms in total. The minimum Gasteiger partial charge on any atom is -0.394 e. The Labute approximate surface area is 317 Å². The van der Waals surface area contributed by atoms with Crippen LogP contribution in [-0.4, -0.2) is 134 Å². The molecule has 1 aromatic rings. The number of aliphatic hydroxyl groups is 1. The van der Waals surface area contributed by atoms with Crippen molar-refractivity contribution < 1.29 is 33.8 Å². The third kappa shape index (κ3) is 12.0. The van der Waals surface area contributed by atoms with Gasteiger partial charge in [0.1, 0.15) is 6.04 Å². The minimum atomic E-state index is -0.806. The quantitative estimate of drug-likeness (QED) is 0.183. The highest BCUT2D eigenvalue weighted by molar-refractivity contribution is 7.09. The van der Waals surface area contributed by atoms with E-state index < -0.39 is 47.7 Å². The van der Waals surface area contributed by atoms with Crippen LogP contribution in [0.1, 0.15) is 86.0 Å². The first-order valence-corrected chi connectivity index (χ1v) is 19.7. The molecular weight excluding hydrogens is 683 g/mol. The van der Waals surface area contributed by atoms with Crippen LogP contribution < -0.4 is 10.6 Å². The van der Waals surface area contributed by atoms with E-state index in [2.05, 4.69) is 17.6 Å². The smallest absolute Gasteiger partial charge is 0.245 e. The Balaban J connectivity index is 2.29. The fourth-order valence-corrected chi connectivity index (χ4v) is 8.47. The van der Waals surface area contributed by atoms with E-state index in [0.29, 0.717) is 19.4 Å². The molecule has 2 rings (SSSR count). The molecule has 1 saturated heterocycles. The molecule has 9 atom stereocenters. The van der Waals surface area contributed by atoms with Crippen molar-refractivity contribution in [2.45, 2.75) is 130 Å². The number of carbonyl (C=O) groups is 4. The summed E-state index contributed by atoms with van der Waals surface area (Å²) in [5, 5.41) is 18.0. The molecule has 1 aromatic heterocycles. The monoisotopic (exact) mass is 751 g/mol. The van der Waals surface area contributed by atoms with Gasteiger partial charge in [-0.25, -0.2) is 0 Å². The van der Waals surface area contributed by atoms with Crippen LogP contribution in [0.5, 0.6) is 0 Å². The number of rotatable bonds is 20. The first-order chi connectivity index (χ1) is 24.3. The van der Waals surface area contributed by atoms with Gasteiger partial charge in [-0.1, -0.05) is 67.9 Å². The summed E-state index contributed by atoms with van der Waals surface area (Å²) in [7, 11) is 8.59. The van der Waals surface area contributed by atoms with Crippen LogP contribution in [0.25, 0.3) is 0 Å². The van der Waals surface area contributed by atoms with Gasteiger partial charge in [-0.2, -0.15) is 0 Å². The third-order valence-electron chi connectivity index (χ3n) is 10.7. The largest absolute Gasteiger partial charge is 0.394 e. The van der Waals surface area contributed by atoms with Gasteiger partial charge in [0.2, 0.25) is 23.6 Å². The number of likely N-dealkylation sites (N-methyl/N-ethyl adjacent to an activating group) is 2. The molecule has 0 bridgehead atoms. The number of amides is 4. The Morgan fingerprint density at radius 2 is 1.69 bits per heavy atom. The molecule has 0 saturated carbocycles. The molecule has 4 amide bonds. The molecule has 2 heterocycles. The van der Waals surface area contributed by atoms with Crippen LogP contribution in [0.4, 0.5) is 0 Å². The summed E-state index contributed by atoms with van der Waals surface area (Å²) < 4.78 is 12.0. The Kier molecular flexibility index (Phi) is 18.2. The molecule has 0 spiro atoms. The third-order valence-corrected chi connectivity index (χ3v) is 11.6. The van der Waals surface area contributed by atoms with Crippen LogP contribution in [0.3, 0.4) is 0 Å². The number of thiophene rings is 1.